The summed E-state index contributed by atoms with van der Waals surface area (Å²) in [6, 6.07) is 3.76. The Balaban J connectivity index is 1.92. The van der Waals surface area contributed by atoms with Crippen molar-refractivity contribution in [2.75, 3.05) is 13.1 Å². The molecule has 0 amide bonds. The fourth-order valence-electron chi connectivity index (χ4n) is 2.08. The summed E-state index contributed by atoms with van der Waals surface area (Å²) in [4.78, 5) is 6.53. The van der Waals surface area contributed by atoms with Crippen LogP contribution < -0.4 is 5.73 Å². The SMILES string of the molecule is CC1CCCN(C(N)=NCc2cccnn2)C1. The molecular formula is C12H19N5. The van der Waals surface area contributed by atoms with Crippen LogP contribution in [0.5, 0.6) is 0 Å². The van der Waals surface area contributed by atoms with Gasteiger partial charge in [-0.25, -0.2) is 4.99 Å². The molecule has 2 N–H and O–H groups in total. The van der Waals surface area contributed by atoms with Gasteiger partial charge in [0.05, 0.1) is 12.2 Å². The second-order valence-corrected chi connectivity index (χ2v) is 4.58. The van der Waals surface area contributed by atoms with Crippen LogP contribution in [0.3, 0.4) is 0 Å². The standard InChI is InChI=1S/C12H19N5/c1-10-4-3-7-17(9-10)12(13)14-8-11-5-2-6-15-16-11/h2,5-6,10H,3-4,7-9H2,1H3,(H2,13,14). The molecule has 1 aliphatic rings. The average Bonchev–Trinajstić information content (AvgIpc) is 2.37. The molecule has 5 heteroatoms. The second kappa shape index (κ2) is 5.61. The van der Waals surface area contributed by atoms with E-state index >= 15 is 0 Å². The molecule has 1 fully saturated rings. The Morgan fingerprint density at radius 1 is 1.65 bits per heavy atom. The van der Waals surface area contributed by atoms with Crippen molar-refractivity contribution in [2.24, 2.45) is 16.6 Å². The van der Waals surface area contributed by atoms with E-state index in [-0.39, 0.29) is 0 Å². The zero-order chi connectivity index (χ0) is 12.1. The number of rotatable bonds is 2. The third-order valence-electron chi connectivity index (χ3n) is 3.01. The topological polar surface area (TPSA) is 67.4 Å². The van der Waals surface area contributed by atoms with E-state index in [9.17, 15) is 0 Å². The van der Waals surface area contributed by atoms with Crippen LogP contribution >= 0.6 is 0 Å². The molecule has 1 unspecified atom stereocenters. The van der Waals surface area contributed by atoms with Gasteiger partial charge in [0.15, 0.2) is 5.96 Å². The van der Waals surface area contributed by atoms with E-state index in [1.54, 1.807) is 6.20 Å². The fraction of sp³-hybridized carbons (Fsp3) is 0.583. The molecule has 0 aliphatic carbocycles. The molecule has 2 heterocycles. The molecule has 2 rings (SSSR count). The van der Waals surface area contributed by atoms with E-state index in [2.05, 4.69) is 27.0 Å². The van der Waals surface area contributed by atoms with Crippen LogP contribution in [0.25, 0.3) is 0 Å². The smallest absolute Gasteiger partial charge is 0.191 e. The van der Waals surface area contributed by atoms with Crippen LogP contribution in [0.2, 0.25) is 0 Å². The van der Waals surface area contributed by atoms with Crippen LogP contribution in [0, 0.1) is 5.92 Å². The fourth-order valence-corrected chi connectivity index (χ4v) is 2.08. The summed E-state index contributed by atoms with van der Waals surface area (Å²) >= 11 is 0. The van der Waals surface area contributed by atoms with Crippen molar-refractivity contribution < 1.29 is 0 Å². The molecule has 1 atom stereocenters. The van der Waals surface area contributed by atoms with Crippen molar-refractivity contribution in [3.63, 3.8) is 0 Å². The average molecular weight is 233 g/mol. The van der Waals surface area contributed by atoms with E-state index < -0.39 is 0 Å². The Kier molecular flexibility index (Phi) is 3.90. The summed E-state index contributed by atoms with van der Waals surface area (Å²) < 4.78 is 0. The maximum absolute atomic E-state index is 5.99. The monoisotopic (exact) mass is 233 g/mol. The minimum absolute atomic E-state index is 0.505. The van der Waals surface area contributed by atoms with E-state index in [1.807, 2.05) is 12.1 Å². The number of hydrogen-bond donors (Lipinski definition) is 1. The summed E-state index contributed by atoms with van der Waals surface area (Å²) in [5, 5.41) is 7.79. The number of aliphatic imine (C=N–C) groups is 1. The van der Waals surface area contributed by atoms with Gasteiger partial charge in [0.25, 0.3) is 0 Å². The molecule has 0 radical (unpaired) electrons. The molecule has 0 aromatic carbocycles. The van der Waals surface area contributed by atoms with Crippen molar-refractivity contribution in [1.29, 1.82) is 0 Å². The summed E-state index contributed by atoms with van der Waals surface area (Å²) in [7, 11) is 0. The minimum atomic E-state index is 0.505. The quantitative estimate of drug-likeness (QED) is 0.612. The molecule has 0 saturated carbocycles. The van der Waals surface area contributed by atoms with Crippen LogP contribution in [-0.4, -0.2) is 34.1 Å². The Bertz CT molecular complexity index is 376. The van der Waals surface area contributed by atoms with Gasteiger partial charge < -0.3 is 10.6 Å². The summed E-state index contributed by atoms with van der Waals surface area (Å²) in [6.45, 7) is 4.78. The van der Waals surface area contributed by atoms with Gasteiger partial charge in [-0.3, -0.25) is 0 Å². The van der Waals surface area contributed by atoms with Crippen molar-refractivity contribution in [3.05, 3.63) is 24.0 Å². The second-order valence-electron chi connectivity index (χ2n) is 4.58. The Morgan fingerprint density at radius 2 is 2.53 bits per heavy atom. The van der Waals surface area contributed by atoms with Gasteiger partial charge >= 0.3 is 0 Å². The Hall–Kier alpha value is -1.65. The number of likely N-dealkylation sites (tertiary alicyclic amines) is 1. The van der Waals surface area contributed by atoms with Crippen molar-refractivity contribution >= 4 is 5.96 Å². The van der Waals surface area contributed by atoms with E-state index in [0.29, 0.717) is 18.4 Å². The summed E-state index contributed by atoms with van der Waals surface area (Å²) in [5.74, 6) is 1.33. The number of nitrogens with two attached hydrogens (primary N) is 1. The predicted molar refractivity (Wildman–Crippen MR) is 67.3 cm³/mol. The lowest BCUT2D eigenvalue weighted by molar-refractivity contribution is 0.270. The largest absolute Gasteiger partial charge is 0.370 e. The minimum Gasteiger partial charge on any atom is -0.370 e. The molecule has 1 aliphatic heterocycles. The van der Waals surface area contributed by atoms with Gasteiger partial charge in [-0.2, -0.15) is 10.2 Å². The zero-order valence-electron chi connectivity index (χ0n) is 10.2. The highest BCUT2D eigenvalue weighted by Gasteiger charge is 2.17. The van der Waals surface area contributed by atoms with E-state index in [0.717, 1.165) is 18.8 Å². The van der Waals surface area contributed by atoms with Crippen molar-refractivity contribution in [3.8, 4) is 0 Å². The molecule has 1 saturated heterocycles. The lowest BCUT2D eigenvalue weighted by Gasteiger charge is -2.31. The lowest BCUT2D eigenvalue weighted by atomic mass is 10.0. The van der Waals surface area contributed by atoms with E-state index in [1.165, 1.54) is 12.8 Å². The first-order valence-corrected chi connectivity index (χ1v) is 6.07. The molecule has 1 aromatic heterocycles. The van der Waals surface area contributed by atoms with Gasteiger partial charge in [0, 0.05) is 19.3 Å². The van der Waals surface area contributed by atoms with Crippen LogP contribution in [0.15, 0.2) is 23.3 Å². The van der Waals surface area contributed by atoms with Crippen molar-refractivity contribution in [1.82, 2.24) is 15.1 Å². The number of guanidine groups is 1. The molecule has 5 nitrogen and oxygen atoms in total. The normalized spacial score (nSPS) is 21.6. The molecule has 0 spiro atoms. The van der Waals surface area contributed by atoms with Gasteiger partial charge in [0.1, 0.15) is 0 Å². The highest BCUT2D eigenvalue weighted by atomic mass is 15.3. The van der Waals surface area contributed by atoms with Gasteiger partial charge in [-0.1, -0.05) is 6.92 Å². The first-order chi connectivity index (χ1) is 8.25. The maximum atomic E-state index is 5.99. The van der Waals surface area contributed by atoms with Gasteiger partial charge in [0.2, 0.25) is 0 Å². The third-order valence-corrected chi connectivity index (χ3v) is 3.01. The van der Waals surface area contributed by atoms with Gasteiger partial charge in [-0.05, 0) is 30.9 Å². The number of nitrogens with zero attached hydrogens (tertiary/aromatic N) is 4. The van der Waals surface area contributed by atoms with Crippen LogP contribution in [0.4, 0.5) is 0 Å². The van der Waals surface area contributed by atoms with E-state index in [4.69, 9.17) is 5.73 Å². The molecule has 1 aromatic rings. The molecule has 0 bridgehead atoms. The molecule has 92 valence electrons. The van der Waals surface area contributed by atoms with Crippen molar-refractivity contribution in [2.45, 2.75) is 26.3 Å². The Morgan fingerprint density at radius 3 is 3.24 bits per heavy atom. The third kappa shape index (κ3) is 3.41. The molecule has 17 heavy (non-hydrogen) atoms. The summed E-state index contributed by atoms with van der Waals surface area (Å²) in [6.07, 6.45) is 4.14. The number of hydrogen-bond acceptors (Lipinski definition) is 3. The highest BCUT2D eigenvalue weighted by Crippen LogP contribution is 2.14. The number of aromatic nitrogens is 2. The highest BCUT2D eigenvalue weighted by molar-refractivity contribution is 5.78. The first kappa shape index (κ1) is 11.8. The summed E-state index contributed by atoms with van der Waals surface area (Å²) in [5.41, 5.74) is 6.83. The first-order valence-electron chi connectivity index (χ1n) is 6.07. The van der Waals surface area contributed by atoms with Crippen LogP contribution in [-0.2, 0) is 6.54 Å². The maximum Gasteiger partial charge on any atom is 0.191 e. The Labute approximate surface area is 102 Å². The molecular weight excluding hydrogens is 214 g/mol. The van der Waals surface area contributed by atoms with Crippen LogP contribution in [0.1, 0.15) is 25.5 Å². The van der Waals surface area contributed by atoms with Gasteiger partial charge in [-0.15, -0.1) is 0 Å². The lowest BCUT2D eigenvalue weighted by Crippen LogP contribution is -2.43. The zero-order valence-corrected chi connectivity index (χ0v) is 10.2. The number of piperidine rings is 1. The predicted octanol–water partition coefficient (Wildman–Crippen LogP) is 1.02.